The Labute approximate surface area is 167 Å². The first-order valence-electron chi connectivity index (χ1n) is 2.00. The van der Waals surface area contributed by atoms with Crippen molar-refractivity contribution in [3.8, 4) is 0 Å². The van der Waals surface area contributed by atoms with Gasteiger partial charge in [0, 0.05) is 31.2 Å². The molecule has 0 rings (SSSR count). The van der Waals surface area contributed by atoms with Crippen LogP contribution in [-0.4, -0.2) is 63.5 Å². The number of rotatable bonds is 0. The predicted octanol–water partition coefficient (Wildman–Crippen LogP) is -5.66. The third-order valence-corrected chi connectivity index (χ3v) is 0. The first-order chi connectivity index (χ1) is 6.00. The van der Waals surface area contributed by atoms with Crippen molar-refractivity contribution >= 4 is 31.2 Å². The molecule has 0 heterocycles. The molecule has 0 saturated carbocycles. The van der Waals surface area contributed by atoms with Crippen LogP contribution >= 0.6 is 0 Å². The molecule has 0 aromatic carbocycles. The standard InChI is InChI=1S/2Er.3H2O4S.2H2O/c;;3*1-5(2,3)4;;/h;;3*(H2,1,2,3,4);2*1H2/q2*+3;;;;;/p-6. The van der Waals surface area contributed by atoms with Crippen LogP contribution in [0.2, 0.25) is 0 Å². The Bertz CT molecular complexity index is 342. The third kappa shape index (κ3) is 1590. The van der Waals surface area contributed by atoms with E-state index in [4.69, 9.17) is 52.6 Å². The first-order valence-corrected chi connectivity index (χ1v) is 6.00. The summed E-state index contributed by atoms with van der Waals surface area (Å²) in [5.41, 5.74) is 0. The minimum absolute atomic E-state index is 0. The van der Waals surface area contributed by atoms with Gasteiger partial charge in [-0.3, -0.25) is 25.3 Å². The fourth-order valence-electron chi connectivity index (χ4n) is 0. The summed E-state index contributed by atoms with van der Waals surface area (Å²) in [6.45, 7) is 0. The normalized spacial score (nSPS) is 9.16. The molecule has 4 N–H and O–H groups in total. The molecule has 0 aromatic heterocycles. The molecular formula is H4Er2O14S3. The Morgan fingerprint density at radius 1 is 0.421 bits per heavy atom. The van der Waals surface area contributed by atoms with Crippen molar-refractivity contribution in [3.05, 3.63) is 0 Å². The van der Waals surface area contributed by atoms with Crippen LogP contribution in [-0.2, 0) is 31.2 Å². The van der Waals surface area contributed by atoms with Crippen LogP contribution in [0.5, 0.6) is 0 Å². The molecule has 0 atom stereocenters. The fourth-order valence-corrected chi connectivity index (χ4v) is 0. The van der Waals surface area contributed by atoms with Gasteiger partial charge in [0.1, 0.15) is 0 Å². The maximum atomic E-state index is 8.52. The van der Waals surface area contributed by atoms with Gasteiger partial charge in [0.25, 0.3) is 0 Å². The van der Waals surface area contributed by atoms with E-state index in [2.05, 4.69) is 0 Å². The summed E-state index contributed by atoms with van der Waals surface area (Å²) in [5.74, 6) is 0. The van der Waals surface area contributed by atoms with Crippen LogP contribution in [0.25, 0.3) is 0 Å². The topological polar surface area (TPSA) is 304 Å². The van der Waals surface area contributed by atoms with Gasteiger partial charge < -0.3 is 38.3 Å². The molecule has 0 saturated heterocycles. The second-order valence-corrected chi connectivity index (χ2v) is 3.67. The smallest absolute Gasteiger partial charge is 0.759 e. The van der Waals surface area contributed by atoms with Gasteiger partial charge in [-0.25, -0.2) is 0 Å². The van der Waals surface area contributed by atoms with Crippen LogP contribution in [0.3, 0.4) is 0 Å². The summed E-state index contributed by atoms with van der Waals surface area (Å²) in [7, 11) is -15.5. The van der Waals surface area contributed by atoms with Gasteiger partial charge in [-0.05, 0) is 0 Å². The molecule has 19 heavy (non-hydrogen) atoms. The fraction of sp³-hybridized carbons (Fsp3) is 0. The van der Waals surface area contributed by atoms with Crippen molar-refractivity contribution in [1.29, 1.82) is 0 Å². The molecule has 2 radical (unpaired) electrons. The van der Waals surface area contributed by atoms with Gasteiger partial charge in [0.2, 0.25) is 0 Å². The molecule has 0 fully saturated rings. The van der Waals surface area contributed by atoms with Crippen molar-refractivity contribution < 1.29 is 138 Å². The Hall–Kier alpha value is 2.02. The molecule has 130 valence electrons. The van der Waals surface area contributed by atoms with Crippen molar-refractivity contribution in [2.24, 2.45) is 0 Å². The Morgan fingerprint density at radius 3 is 0.421 bits per heavy atom. The van der Waals surface area contributed by atoms with E-state index in [-0.39, 0.29) is 85.6 Å². The number of hydrogen-bond acceptors (Lipinski definition) is 12. The summed E-state index contributed by atoms with van der Waals surface area (Å²) in [4.78, 5) is 0. The van der Waals surface area contributed by atoms with Crippen LogP contribution in [0.15, 0.2) is 0 Å². The van der Waals surface area contributed by atoms with E-state index in [1.807, 2.05) is 0 Å². The Morgan fingerprint density at radius 2 is 0.421 bits per heavy atom. The van der Waals surface area contributed by atoms with Gasteiger partial charge >= 0.3 is 74.6 Å². The third-order valence-electron chi connectivity index (χ3n) is 0. The maximum Gasteiger partial charge on any atom is 3.00 e. The summed E-state index contributed by atoms with van der Waals surface area (Å²) in [5, 5.41) is 0. The average Bonchev–Trinajstić information content (AvgIpc) is 1.41. The van der Waals surface area contributed by atoms with Crippen molar-refractivity contribution in [1.82, 2.24) is 0 Å². The van der Waals surface area contributed by atoms with Gasteiger partial charge in [0.15, 0.2) is 0 Å². The van der Waals surface area contributed by atoms with E-state index in [1.54, 1.807) is 0 Å². The van der Waals surface area contributed by atoms with Gasteiger partial charge in [-0.2, -0.15) is 0 Å². The molecular weight excluding hydrogens is 655 g/mol. The van der Waals surface area contributed by atoms with Crippen LogP contribution < -0.4 is 0 Å². The zero-order valence-corrected chi connectivity index (χ0v) is 13.9. The molecule has 0 amide bonds. The SMILES string of the molecule is O.O.O=S(=O)([O-])[O-].O=S(=O)([O-])[O-].O=S(=O)([O-])[O-].[Er+3].[Er+3]. The molecule has 14 nitrogen and oxygen atoms in total. The van der Waals surface area contributed by atoms with Gasteiger partial charge in [-0.1, -0.05) is 0 Å². The van der Waals surface area contributed by atoms with E-state index in [1.165, 1.54) is 0 Å². The molecule has 0 aromatic rings. The zero-order chi connectivity index (χ0) is 13.5. The summed E-state index contributed by atoms with van der Waals surface area (Å²) < 4.78 is 102. The molecule has 0 bridgehead atoms. The maximum absolute atomic E-state index is 8.52. The molecule has 0 aliphatic carbocycles. The zero-order valence-electron chi connectivity index (χ0n) is 7.70. The molecule has 0 aliphatic rings. The van der Waals surface area contributed by atoms with E-state index in [9.17, 15) is 0 Å². The second kappa shape index (κ2) is 18.1. The summed E-state index contributed by atoms with van der Waals surface area (Å²) >= 11 is 0. The van der Waals surface area contributed by atoms with Crippen molar-refractivity contribution in [2.75, 3.05) is 0 Å². The number of hydrogen-bond donors (Lipinski definition) is 0. The molecule has 0 spiro atoms. The van der Waals surface area contributed by atoms with Crippen LogP contribution in [0.4, 0.5) is 0 Å². The van der Waals surface area contributed by atoms with Crippen molar-refractivity contribution in [2.45, 2.75) is 0 Å². The van der Waals surface area contributed by atoms with E-state index in [0.717, 1.165) is 0 Å². The largest absolute Gasteiger partial charge is 3.00 e. The van der Waals surface area contributed by atoms with Gasteiger partial charge in [-0.15, -0.1) is 0 Å². The summed E-state index contributed by atoms with van der Waals surface area (Å²) in [6, 6.07) is 0. The van der Waals surface area contributed by atoms with E-state index < -0.39 is 31.2 Å². The molecule has 19 heteroatoms. The first kappa shape index (κ1) is 42.9. The Kier molecular flexibility index (Phi) is 40.8. The quantitative estimate of drug-likeness (QED) is 0.174. The second-order valence-electron chi connectivity index (χ2n) is 1.22. The summed E-state index contributed by atoms with van der Waals surface area (Å²) in [6.07, 6.45) is 0. The molecule has 0 unspecified atom stereocenters. The monoisotopic (exact) mass is 656 g/mol. The van der Waals surface area contributed by atoms with E-state index in [0.29, 0.717) is 0 Å². The minimum atomic E-state index is -5.17. The minimum Gasteiger partial charge on any atom is -0.759 e. The van der Waals surface area contributed by atoms with Crippen LogP contribution in [0.1, 0.15) is 0 Å². The molecule has 0 aliphatic heterocycles. The average molecular weight is 659 g/mol. The van der Waals surface area contributed by atoms with Crippen LogP contribution in [0, 0.1) is 74.6 Å². The van der Waals surface area contributed by atoms with Crippen molar-refractivity contribution in [3.63, 3.8) is 0 Å². The Balaban J connectivity index is -0.0000000206. The predicted molar refractivity (Wildman–Crippen MR) is 38.7 cm³/mol. The van der Waals surface area contributed by atoms with E-state index >= 15 is 0 Å². The van der Waals surface area contributed by atoms with Gasteiger partial charge in [0.05, 0.1) is 0 Å².